The SMILES string of the molecule is Nc1cc(=O)[nH]c(SCC(=O)N2N=C(c3cc4ccccc4o3)C[C@@H]2c2ccco2)n1. The molecule has 0 radical (unpaired) electrons. The lowest BCUT2D eigenvalue weighted by atomic mass is 10.1. The summed E-state index contributed by atoms with van der Waals surface area (Å²) >= 11 is 1.08. The molecule has 0 aliphatic carbocycles. The number of benzene rings is 1. The average molecular weight is 435 g/mol. The van der Waals surface area contributed by atoms with Crippen LogP contribution >= 0.6 is 11.8 Å². The number of hydrogen-bond donors (Lipinski definition) is 2. The van der Waals surface area contributed by atoms with E-state index in [0.29, 0.717) is 23.7 Å². The third kappa shape index (κ3) is 3.84. The number of carbonyl (C=O) groups excluding carboxylic acids is 1. The van der Waals surface area contributed by atoms with Gasteiger partial charge in [0.15, 0.2) is 10.9 Å². The highest BCUT2D eigenvalue weighted by Gasteiger charge is 2.36. The first kappa shape index (κ1) is 19.2. The van der Waals surface area contributed by atoms with Crippen molar-refractivity contribution in [2.75, 3.05) is 11.5 Å². The summed E-state index contributed by atoms with van der Waals surface area (Å²) in [5.74, 6) is 1.09. The molecule has 10 heteroatoms. The van der Waals surface area contributed by atoms with Gasteiger partial charge in [0.05, 0.1) is 12.0 Å². The van der Waals surface area contributed by atoms with Crippen molar-refractivity contribution in [2.24, 2.45) is 5.10 Å². The highest BCUT2D eigenvalue weighted by molar-refractivity contribution is 7.99. The lowest BCUT2D eigenvalue weighted by molar-refractivity contribution is -0.130. The number of carbonyl (C=O) groups is 1. The molecule has 1 aliphatic heterocycles. The van der Waals surface area contributed by atoms with Gasteiger partial charge in [-0.3, -0.25) is 9.59 Å². The Balaban J connectivity index is 1.41. The summed E-state index contributed by atoms with van der Waals surface area (Å²) in [6.07, 6.45) is 2.02. The lowest BCUT2D eigenvalue weighted by Crippen LogP contribution is -2.28. The Morgan fingerprint density at radius 1 is 1.26 bits per heavy atom. The van der Waals surface area contributed by atoms with Gasteiger partial charge in [0.25, 0.3) is 11.5 Å². The van der Waals surface area contributed by atoms with Gasteiger partial charge in [0.1, 0.15) is 28.9 Å². The smallest absolute Gasteiger partial charge is 0.253 e. The molecule has 0 fully saturated rings. The molecule has 4 heterocycles. The molecule has 0 saturated heterocycles. The molecule has 3 aromatic heterocycles. The van der Waals surface area contributed by atoms with E-state index >= 15 is 0 Å². The van der Waals surface area contributed by atoms with Crippen molar-refractivity contribution in [3.8, 4) is 0 Å². The third-order valence-corrected chi connectivity index (χ3v) is 5.68. The third-order valence-electron chi connectivity index (χ3n) is 4.82. The Labute approximate surface area is 179 Å². The molecule has 4 aromatic rings. The van der Waals surface area contributed by atoms with Gasteiger partial charge >= 0.3 is 0 Å². The summed E-state index contributed by atoms with van der Waals surface area (Å²) in [5.41, 5.74) is 6.65. The fourth-order valence-corrected chi connectivity index (χ4v) is 4.17. The van der Waals surface area contributed by atoms with E-state index in [2.05, 4.69) is 15.1 Å². The van der Waals surface area contributed by atoms with Crippen LogP contribution in [0.15, 0.2) is 78.7 Å². The van der Waals surface area contributed by atoms with Crippen LogP contribution in [0.25, 0.3) is 11.0 Å². The quantitative estimate of drug-likeness (QED) is 0.364. The number of anilines is 1. The van der Waals surface area contributed by atoms with Crippen LogP contribution in [0.3, 0.4) is 0 Å². The van der Waals surface area contributed by atoms with Gasteiger partial charge in [-0.1, -0.05) is 30.0 Å². The maximum absolute atomic E-state index is 13.0. The van der Waals surface area contributed by atoms with Crippen LogP contribution in [0.4, 0.5) is 5.82 Å². The molecule has 31 heavy (non-hydrogen) atoms. The molecule has 1 aliphatic rings. The number of nitrogen functional groups attached to an aromatic ring is 1. The van der Waals surface area contributed by atoms with Crippen molar-refractivity contribution in [3.63, 3.8) is 0 Å². The van der Waals surface area contributed by atoms with Crippen molar-refractivity contribution in [3.05, 3.63) is 76.7 Å². The highest BCUT2D eigenvalue weighted by atomic mass is 32.2. The van der Waals surface area contributed by atoms with Gasteiger partial charge in [-0.05, 0) is 24.3 Å². The number of para-hydroxylation sites is 1. The molecule has 1 aromatic carbocycles. The summed E-state index contributed by atoms with van der Waals surface area (Å²) in [7, 11) is 0. The van der Waals surface area contributed by atoms with Crippen LogP contribution in [0, 0.1) is 0 Å². The molecule has 3 N–H and O–H groups in total. The predicted molar refractivity (Wildman–Crippen MR) is 116 cm³/mol. The number of rotatable bonds is 5. The molecule has 0 unspecified atom stereocenters. The number of thioether (sulfide) groups is 1. The first-order chi connectivity index (χ1) is 15.1. The molecule has 1 atom stereocenters. The van der Waals surface area contributed by atoms with Crippen LogP contribution in [-0.2, 0) is 4.79 Å². The van der Waals surface area contributed by atoms with Crippen LogP contribution < -0.4 is 11.3 Å². The molecule has 0 spiro atoms. The van der Waals surface area contributed by atoms with E-state index in [-0.39, 0.29) is 34.2 Å². The van der Waals surface area contributed by atoms with E-state index in [1.54, 1.807) is 12.3 Å². The minimum absolute atomic E-state index is 0.0144. The van der Waals surface area contributed by atoms with E-state index in [1.807, 2.05) is 36.4 Å². The number of H-pyrrole nitrogens is 1. The number of aromatic nitrogens is 2. The van der Waals surface area contributed by atoms with Crippen LogP contribution in [0.1, 0.15) is 24.0 Å². The van der Waals surface area contributed by atoms with Gasteiger partial charge in [-0.25, -0.2) is 9.99 Å². The normalized spacial score (nSPS) is 16.1. The number of aromatic amines is 1. The molecule has 5 rings (SSSR count). The van der Waals surface area contributed by atoms with Gasteiger partial charge in [-0.2, -0.15) is 5.10 Å². The summed E-state index contributed by atoms with van der Waals surface area (Å²) in [5, 5.41) is 7.19. The maximum atomic E-state index is 13.0. The molecular formula is C21H17N5O4S. The number of nitrogens with zero attached hydrogens (tertiary/aromatic N) is 3. The van der Waals surface area contributed by atoms with Crippen molar-refractivity contribution < 1.29 is 13.6 Å². The van der Waals surface area contributed by atoms with E-state index < -0.39 is 0 Å². The van der Waals surface area contributed by atoms with Gasteiger partial charge in [0.2, 0.25) is 0 Å². The topological polar surface area (TPSA) is 131 Å². The number of amides is 1. The summed E-state index contributed by atoms with van der Waals surface area (Å²) < 4.78 is 11.5. The Morgan fingerprint density at radius 3 is 2.90 bits per heavy atom. The summed E-state index contributed by atoms with van der Waals surface area (Å²) in [6.45, 7) is 0. The van der Waals surface area contributed by atoms with E-state index in [4.69, 9.17) is 14.6 Å². The first-order valence-electron chi connectivity index (χ1n) is 9.48. The standard InChI is InChI=1S/C21H17N5O4S/c22-18-10-19(27)24-21(23-18)31-11-20(28)26-14(16-6-3-7-29-16)9-13(25-26)17-8-12-4-1-2-5-15(12)30-17/h1-8,10,14H,9,11H2,(H3,22,23,24,27)/t14-/m1/s1. The minimum Gasteiger partial charge on any atom is -0.467 e. The van der Waals surface area contributed by atoms with E-state index in [1.165, 1.54) is 11.1 Å². The molecule has 156 valence electrons. The van der Waals surface area contributed by atoms with Crippen LogP contribution in [-0.4, -0.2) is 32.3 Å². The summed E-state index contributed by atoms with van der Waals surface area (Å²) in [4.78, 5) is 31.2. The molecule has 1 amide bonds. The van der Waals surface area contributed by atoms with Crippen molar-refractivity contribution >= 4 is 40.2 Å². The maximum Gasteiger partial charge on any atom is 0.253 e. The van der Waals surface area contributed by atoms with E-state index in [9.17, 15) is 9.59 Å². The number of furan rings is 2. The number of hydrazone groups is 1. The zero-order chi connectivity index (χ0) is 21.4. The number of fused-ring (bicyclic) bond motifs is 1. The number of nitrogens with one attached hydrogen (secondary N) is 1. The second-order valence-electron chi connectivity index (χ2n) is 6.93. The number of hydrogen-bond acceptors (Lipinski definition) is 8. The largest absolute Gasteiger partial charge is 0.467 e. The fourth-order valence-electron chi connectivity index (χ4n) is 3.43. The molecule has 0 saturated carbocycles. The fraction of sp³-hybridized carbons (Fsp3) is 0.143. The summed E-state index contributed by atoms with van der Waals surface area (Å²) in [6, 6.07) is 14.0. The second-order valence-corrected chi connectivity index (χ2v) is 7.90. The monoisotopic (exact) mass is 435 g/mol. The van der Waals surface area contributed by atoms with E-state index in [0.717, 1.165) is 22.7 Å². The van der Waals surface area contributed by atoms with Crippen molar-refractivity contribution in [1.29, 1.82) is 0 Å². The average Bonchev–Trinajstić information content (AvgIpc) is 3.49. The Hall–Kier alpha value is -3.79. The van der Waals surface area contributed by atoms with Gasteiger partial charge in [-0.15, -0.1) is 0 Å². The predicted octanol–water partition coefficient (Wildman–Crippen LogP) is 3.16. The van der Waals surface area contributed by atoms with Crippen molar-refractivity contribution in [1.82, 2.24) is 15.0 Å². The second kappa shape index (κ2) is 7.80. The number of nitrogens with two attached hydrogens (primary N) is 1. The Bertz CT molecular complexity index is 1310. The lowest BCUT2D eigenvalue weighted by Gasteiger charge is -2.19. The zero-order valence-corrected chi connectivity index (χ0v) is 17.0. The van der Waals surface area contributed by atoms with Gasteiger partial charge < -0.3 is 19.6 Å². The molecular weight excluding hydrogens is 418 g/mol. The first-order valence-corrected chi connectivity index (χ1v) is 10.5. The van der Waals surface area contributed by atoms with Gasteiger partial charge in [0, 0.05) is 17.9 Å². The molecule has 0 bridgehead atoms. The minimum atomic E-state index is -0.390. The molecule has 9 nitrogen and oxygen atoms in total. The van der Waals surface area contributed by atoms with Crippen molar-refractivity contribution in [2.45, 2.75) is 17.6 Å². The van der Waals surface area contributed by atoms with Crippen LogP contribution in [0.5, 0.6) is 0 Å². The van der Waals surface area contributed by atoms with Crippen LogP contribution in [0.2, 0.25) is 0 Å². The highest BCUT2D eigenvalue weighted by Crippen LogP contribution is 2.35. The Kier molecular flexibility index (Phi) is 4.83. The zero-order valence-electron chi connectivity index (χ0n) is 16.1. The Morgan fingerprint density at radius 2 is 2.13 bits per heavy atom.